The zero-order valence-corrected chi connectivity index (χ0v) is 12.3. The van der Waals surface area contributed by atoms with E-state index in [9.17, 15) is 13.2 Å². The lowest BCUT2D eigenvalue weighted by Gasteiger charge is -2.09. The number of amides is 1. The molecule has 0 aliphatic rings. The molecular weight excluding hydrogens is 383 g/mol. The number of benzene rings is 1. The predicted molar refractivity (Wildman–Crippen MR) is 72.3 cm³/mol. The van der Waals surface area contributed by atoms with Crippen LogP contribution in [0.15, 0.2) is 18.2 Å². The minimum atomic E-state index is -4.04. The van der Waals surface area contributed by atoms with Crippen LogP contribution in [0.2, 0.25) is 5.02 Å². The number of halogens is 2. The first kappa shape index (κ1) is 14.3. The van der Waals surface area contributed by atoms with Gasteiger partial charge in [0.25, 0.3) is 0 Å². The van der Waals surface area contributed by atoms with Crippen LogP contribution in [0.25, 0.3) is 0 Å². The smallest absolute Gasteiger partial charge is 0.422 e. The van der Waals surface area contributed by atoms with Crippen molar-refractivity contribution in [1.29, 1.82) is 0 Å². The molecule has 0 saturated carbocycles. The van der Waals surface area contributed by atoms with Crippen molar-refractivity contribution in [3.8, 4) is 0 Å². The standard InChI is InChI=1S/C8H8ClIN2O4S/c1-16-8(13)12-17(14,15)11-7-3-2-5(10)4-6(7)9/h2-4,11H,1H3,(H,12,13). The average Bonchev–Trinajstić information content (AvgIpc) is 2.21. The Labute approximate surface area is 117 Å². The molecule has 0 bridgehead atoms. The van der Waals surface area contributed by atoms with E-state index in [4.69, 9.17) is 11.6 Å². The number of carbonyl (C=O) groups excluding carboxylic acids is 1. The highest BCUT2D eigenvalue weighted by Crippen LogP contribution is 2.24. The second-order valence-corrected chi connectivity index (χ2v) is 5.89. The summed E-state index contributed by atoms with van der Waals surface area (Å²) in [5.74, 6) is 0. The number of anilines is 1. The largest absolute Gasteiger partial charge is 0.452 e. The summed E-state index contributed by atoms with van der Waals surface area (Å²) >= 11 is 7.86. The first-order chi connectivity index (χ1) is 7.84. The molecule has 0 spiro atoms. The summed E-state index contributed by atoms with van der Waals surface area (Å²) in [4.78, 5) is 10.8. The van der Waals surface area contributed by atoms with Gasteiger partial charge in [0.05, 0.1) is 17.8 Å². The zero-order valence-electron chi connectivity index (χ0n) is 8.53. The lowest BCUT2D eigenvalue weighted by atomic mass is 10.3. The molecule has 9 heteroatoms. The van der Waals surface area contributed by atoms with Crippen LogP contribution in [0.4, 0.5) is 10.5 Å². The van der Waals surface area contributed by atoms with Crippen LogP contribution in [0.5, 0.6) is 0 Å². The normalized spacial score (nSPS) is 10.8. The Balaban J connectivity index is 2.87. The molecule has 1 aromatic rings. The van der Waals surface area contributed by atoms with Crippen LogP contribution >= 0.6 is 34.2 Å². The summed E-state index contributed by atoms with van der Waals surface area (Å²) in [5.41, 5.74) is 0.170. The van der Waals surface area contributed by atoms with Crippen LogP contribution in [-0.4, -0.2) is 21.6 Å². The van der Waals surface area contributed by atoms with Gasteiger partial charge in [-0.15, -0.1) is 0 Å². The van der Waals surface area contributed by atoms with Gasteiger partial charge in [-0.25, -0.2) is 9.52 Å². The summed E-state index contributed by atoms with van der Waals surface area (Å²) in [7, 11) is -2.98. The summed E-state index contributed by atoms with van der Waals surface area (Å²) in [5, 5.41) is 0.229. The van der Waals surface area contributed by atoms with E-state index in [-0.39, 0.29) is 10.7 Å². The number of hydrogen-bond acceptors (Lipinski definition) is 4. The fraction of sp³-hybridized carbons (Fsp3) is 0.125. The fourth-order valence-electron chi connectivity index (χ4n) is 0.894. The highest BCUT2D eigenvalue weighted by atomic mass is 127. The minimum Gasteiger partial charge on any atom is -0.452 e. The molecule has 0 aliphatic carbocycles. The van der Waals surface area contributed by atoms with Crippen LogP contribution in [0.1, 0.15) is 0 Å². The number of ether oxygens (including phenoxy) is 1. The molecular formula is C8H8ClIN2O4S. The van der Waals surface area contributed by atoms with Crippen LogP contribution in [0, 0.1) is 3.57 Å². The molecule has 1 aromatic carbocycles. The zero-order chi connectivity index (χ0) is 13.1. The lowest BCUT2D eigenvalue weighted by molar-refractivity contribution is 0.177. The monoisotopic (exact) mass is 390 g/mol. The quantitative estimate of drug-likeness (QED) is 0.773. The maximum Gasteiger partial charge on any atom is 0.422 e. The Morgan fingerprint density at radius 2 is 2.12 bits per heavy atom. The molecule has 0 heterocycles. The van der Waals surface area contributed by atoms with Gasteiger partial charge in [-0.05, 0) is 40.8 Å². The number of methoxy groups -OCH3 is 1. The van der Waals surface area contributed by atoms with Crippen molar-refractivity contribution in [3.63, 3.8) is 0 Å². The second-order valence-electron chi connectivity index (χ2n) is 2.82. The van der Waals surface area contributed by atoms with Gasteiger partial charge in [0.15, 0.2) is 0 Å². The number of rotatable bonds is 3. The summed E-state index contributed by atoms with van der Waals surface area (Å²) in [6.45, 7) is 0. The highest BCUT2D eigenvalue weighted by Gasteiger charge is 2.15. The van der Waals surface area contributed by atoms with Gasteiger partial charge in [0.1, 0.15) is 0 Å². The van der Waals surface area contributed by atoms with E-state index in [1.807, 2.05) is 22.6 Å². The van der Waals surface area contributed by atoms with Crippen molar-refractivity contribution in [1.82, 2.24) is 4.72 Å². The average molecular weight is 391 g/mol. The molecule has 94 valence electrons. The maximum absolute atomic E-state index is 11.4. The van der Waals surface area contributed by atoms with Crippen LogP contribution in [-0.2, 0) is 14.9 Å². The van der Waals surface area contributed by atoms with Gasteiger partial charge >= 0.3 is 16.3 Å². The third kappa shape index (κ3) is 4.56. The summed E-state index contributed by atoms with van der Waals surface area (Å²) in [6, 6.07) is 4.74. The molecule has 1 amide bonds. The predicted octanol–water partition coefficient (Wildman–Crippen LogP) is 1.96. The molecule has 0 aliphatic heterocycles. The van der Waals surface area contributed by atoms with E-state index >= 15 is 0 Å². The van der Waals surface area contributed by atoms with Crippen molar-refractivity contribution in [3.05, 3.63) is 26.8 Å². The van der Waals surface area contributed by atoms with Crippen molar-refractivity contribution in [2.24, 2.45) is 0 Å². The molecule has 6 nitrogen and oxygen atoms in total. The maximum atomic E-state index is 11.4. The summed E-state index contributed by atoms with van der Waals surface area (Å²) < 4.78 is 31.6. The van der Waals surface area contributed by atoms with Gasteiger partial charge in [-0.3, -0.25) is 4.72 Å². The molecule has 0 fully saturated rings. The Morgan fingerprint density at radius 1 is 1.47 bits per heavy atom. The minimum absolute atomic E-state index is 0.170. The lowest BCUT2D eigenvalue weighted by Crippen LogP contribution is -2.35. The van der Waals surface area contributed by atoms with Gasteiger partial charge in [-0.2, -0.15) is 8.42 Å². The second kappa shape index (κ2) is 5.74. The molecule has 0 atom stereocenters. The topological polar surface area (TPSA) is 84.5 Å². The fourth-order valence-corrected chi connectivity index (χ4v) is 2.67. The Morgan fingerprint density at radius 3 is 2.65 bits per heavy atom. The molecule has 1 rings (SSSR count). The van der Waals surface area contributed by atoms with Gasteiger partial charge in [-0.1, -0.05) is 11.6 Å². The van der Waals surface area contributed by atoms with Crippen LogP contribution < -0.4 is 9.44 Å². The molecule has 0 saturated heterocycles. The Bertz CT molecular complexity index is 534. The Kier molecular flexibility index (Phi) is 4.83. The summed E-state index contributed by atoms with van der Waals surface area (Å²) in [6.07, 6.45) is -1.08. The van der Waals surface area contributed by atoms with E-state index in [0.717, 1.165) is 10.7 Å². The first-order valence-corrected chi connectivity index (χ1v) is 7.11. The van der Waals surface area contributed by atoms with E-state index in [0.29, 0.717) is 0 Å². The van der Waals surface area contributed by atoms with E-state index in [1.165, 1.54) is 6.07 Å². The number of nitrogens with one attached hydrogen (secondary N) is 2. The SMILES string of the molecule is COC(=O)NS(=O)(=O)Nc1ccc(I)cc1Cl. The molecule has 0 unspecified atom stereocenters. The number of hydrogen-bond donors (Lipinski definition) is 2. The third-order valence-electron chi connectivity index (χ3n) is 1.58. The molecule has 2 N–H and O–H groups in total. The first-order valence-electron chi connectivity index (χ1n) is 4.17. The number of carbonyl (C=O) groups is 1. The molecule has 17 heavy (non-hydrogen) atoms. The molecule has 0 aromatic heterocycles. The highest BCUT2D eigenvalue weighted by molar-refractivity contribution is 14.1. The third-order valence-corrected chi connectivity index (χ3v) is 3.49. The van der Waals surface area contributed by atoms with Gasteiger partial charge in [0, 0.05) is 3.57 Å². The van der Waals surface area contributed by atoms with E-state index in [2.05, 4.69) is 9.46 Å². The van der Waals surface area contributed by atoms with E-state index < -0.39 is 16.3 Å². The van der Waals surface area contributed by atoms with Gasteiger partial charge in [0.2, 0.25) is 0 Å². The van der Waals surface area contributed by atoms with Crippen LogP contribution in [0.3, 0.4) is 0 Å². The van der Waals surface area contributed by atoms with Gasteiger partial charge < -0.3 is 4.74 Å². The van der Waals surface area contributed by atoms with E-state index in [1.54, 1.807) is 16.9 Å². The molecule has 0 radical (unpaired) electrons. The van der Waals surface area contributed by atoms with Crippen molar-refractivity contribution >= 4 is 56.2 Å². The van der Waals surface area contributed by atoms with Crippen molar-refractivity contribution < 1.29 is 17.9 Å². The van der Waals surface area contributed by atoms with Crippen molar-refractivity contribution in [2.45, 2.75) is 0 Å². The van der Waals surface area contributed by atoms with Crippen molar-refractivity contribution in [2.75, 3.05) is 11.8 Å². The Hall–Kier alpha value is -0.740.